The molecule has 0 aliphatic rings. The van der Waals surface area contributed by atoms with Crippen LogP contribution in [0.15, 0.2) is 18.2 Å². The molecule has 80 valence electrons. The van der Waals surface area contributed by atoms with Crippen molar-refractivity contribution in [3.05, 3.63) is 28.3 Å². The van der Waals surface area contributed by atoms with Crippen LogP contribution in [0, 0.1) is 10.1 Å². The minimum atomic E-state index is -0.540. The number of nitrogens with one attached hydrogen (secondary N) is 1. The predicted octanol–water partition coefficient (Wildman–Crippen LogP) is 1.53. The molecule has 0 saturated carbocycles. The van der Waals surface area contributed by atoms with E-state index in [1.807, 2.05) is 0 Å². The molecule has 1 rings (SSSR count). The average Bonchev–Trinajstić information content (AvgIpc) is 2.20. The number of rotatable bonds is 3. The SMILES string of the molecule is CCC(=O)Nc1ccc([N+](=O)[O-])cc1N. The van der Waals surface area contributed by atoms with E-state index in [-0.39, 0.29) is 17.3 Å². The first-order valence-electron chi connectivity index (χ1n) is 4.38. The van der Waals surface area contributed by atoms with Crippen LogP contribution in [0.1, 0.15) is 13.3 Å². The number of non-ortho nitro benzene ring substituents is 1. The molecular formula is C9H11N3O3. The summed E-state index contributed by atoms with van der Waals surface area (Å²) in [6.45, 7) is 1.71. The molecule has 1 amide bonds. The molecule has 3 N–H and O–H groups in total. The van der Waals surface area contributed by atoms with Gasteiger partial charge in [0.15, 0.2) is 0 Å². The molecule has 6 nitrogen and oxygen atoms in total. The maximum absolute atomic E-state index is 11.1. The molecule has 0 aliphatic carbocycles. The summed E-state index contributed by atoms with van der Waals surface area (Å²) in [5.41, 5.74) is 6.03. The molecule has 0 spiro atoms. The van der Waals surface area contributed by atoms with E-state index in [1.165, 1.54) is 18.2 Å². The van der Waals surface area contributed by atoms with Crippen LogP contribution in [0.2, 0.25) is 0 Å². The molecule has 0 aliphatic heterocycles. The second kappa shape index (κ2) is 4.41. The van der Waals surface area contributed by atoms with Gasteiger partial charge in [-0.2, -0.15) is 0 Å². The monoisotopic (exact) mass is 209 g/mol. The van der Waals surface area contributed by atoms with Gasteiger partial charge in [0.1, 0.15) is 0 Å². The van der Waals surface area contributed by atoms with Crippen molar-refractivity contribution in [3.8, 4) is 0 Å². The van der Waals surface area contributed by atoms with Gasteiger partial charge in [0.2, 0.25) is 5.91 Å². The Morgan fingerprint density at radius 3 is 2.73 bits per heavy atom. The summed E-state index contributed by atoms with van der Waals surface area (Å²) in [6.07, 6.45) is 0.330. The predicted molar refractivity (Wildman–Crippen MR) is 56.4 cm³/mol. The Bertz CT molecular complexity index is 404. The van der Waals surface area contributed by atoms with Gasteiger partial charge < -0.3 is 11.1 Å². The molecule has 0 bridgehead atoms. The third-order valence-electron chi connectivity index (χ3n) is 1.84. The van der Waals surface area contributed by atoms with E-state index in [0.717, 1.165) is 0 Å². The van der Waals surface area contributed by atoms with Crippen LogP contribution in [-0.2, 0) is 4.79 Å². The molecule has 1 aromatic rings. The van der Waals surface area contributed by atoms with Crippen molar-refractivity contribution in [3.63, 3.8) is 0 Å². The molecule has 0 heterocycles. The lowest BCUT2D eigenvalue weighted by Gasteiger charge is -2.06. The van der Waals surface area contributed by atoms with Crippen molar-refractivity contribution in [2.45, 2.75) is 13.3 Å². The van der Waals surface area contributed by atoms with E-state index >= 15 is 0 Å². The standard InChI is InChI=1S/C9H11N3O3/c1-2-9(13)11-8-4-3-6(12(14)15)5-7(8)10/h3-5H,2,10H2,1H3,(H,11,13). The summed E-state index contributed by atoms with van der Waals surface area (Å²) < 4.78 is 0. The van der Waals surface area contributed by atoms with Gasteiger partial charge >= 0.3 is 0 Å². The Morgan fingerprint density at radius 2 is 2.27 bits per heavy atom. The molecule has 0 fully saturated rings. The van der Waals surface area contributed by atoms with Gasteiger partial charge in [0, 0.05) is 18.6 Å². The zero-order valence-electron chi connectivity index (χ0n) is 8.19. The average molecular weight is 209 g/mol. The highest BCUT2D eigenvalue weighted by molar-refractivity contribution is 5.93. The number of carbonyl (C=O) groups is 1. The first-order valence-corrected chi connectivity index (χ1v) is 4.38. The maximum atomic E-state index is 11.1. The number of benzene rings is 1. The number of hydrogen-bond donors (Lipinski definition) is 2. The highest BCUT2D eigenvalue weighted by atomic mass is 16.6. The number of nitrogen functional groups attached to an aromatic ring is 1. The lowest BCUT2D eigenvalue weighted by Crippen LogP contribution is -2.11. The van der Waals surface area contributed by atoms with Crippen LogP contribution >= 0.6 is 0 Å². The highest BCUT2D eigenvalue weighted by Gasteiger charge is 2.09. The van der Waals surface area contributed by atoms with Crippen molar-refractivity contribution in [1.29, 1.82) is 0 Å². The number of anilines is 2. The van der Waals surface area contributed by atoms with Crippen molar-refractivity contribution in [1.82, 2.24) is 0 Å². The Labute approximate surface area is 86.2 Å². The lowest BCUT2D eigenvalue weighted by molar-refractivity contribution is -0.384. The van der Waals surface area contributed by atoms with Crippen LogP contribution in [0.5, 0.6) is 0 Å². The van der Waals surface area contributed by atoms with Gasteiger partial charge in [-0.05, 0) is 6.07 Å². The van der Waals surface area contributed by atoms with E-state index in [1.54, 1.807) is 6.92 Å². The number of nitrogens with two attached hydrogens (primary N) is 1. The molecule has 15 heavy (non-hydrogen) atoms. The van der Waals surface area contributed by atoms with Crippen LogP contribution < -0.4 is 11.1 Å². The van der Waals surface area contributed by atoms with Gasteiger partial charge in [-0.1, -0.05) is 6.92 Å². The fraction of sp³-hybridized carbons (Fsp3) is 0.222. The van der Waals surface area contributed by atoms with Crippen molar-refractivity contribution in [2.75, 3.05) is 11.1 Å². The number of amides is 1. The number of nitro benzene ring substituents is 1. The second-order valence-corrected chi connectivity index (χ2v) is 2.93. The first-order chi connectivity index (χ1) is 7.04. The molecule has 0 radical (unpaired) electrons. The summed E-state index contributed by atoms with van der Waals surface area (Å²) in [4.78, 5) is 20.9. The van der Waals surface area contributed by atoms with E-state index < -0.39 is 4.92 Å². The molecular weight excluding hydrogens is 198 g/mol. The lowest BCUT2D eigenvalue weighted by atomic mass is 10.2. The minimum absolute atomic E-state index is 0.0954. The largest absolute Gasteiger partial charge is 0.397 e. The molecule has 0 atom stereocenters. The summed E-state index contributed by atoms with van der Waals surface area (Å²) in [5, 5.41) is 12.9. The third kappa shape index (κ3) is 2.67. The smallest absolute Gasteiger partial charge is 0.271 e. The van der Waals surface area contributed by atoms with Gasteiger partial charge in [-0.15, -0.1) is 0 Å². The minimum Gasteiger partial charge on any atom is -0.397 e. The van der Waals surface area contributed by atoms with E-state index in [0.29, 0.717) is 12.1 Å². The summed E-state index contributed by atoms with van der Waals surface area (Å²) in [6, 6.07) is 3.92. The zero-order chi connectivity index (χ0) is 11.4. The number of carbonyl (C=O) groups excluding carboxylic acids is 1. The first kappa shape index (κ1) is 11.0. The van der Waals surface area contributed by atoms with Gasteiger partial charge in [0.25, 0.3) is 5.69 Å². The Hall–Kier alpha value is -2.11. The fourth-order valence-electron chi connectivity index (χ4n) is 1.02. The molecule has 0 aromatic heterocycles. The van der Waals surface area contributed by atoms with Gasteiger partial charge in [-0.25, -0.2) is 0 Å². The van der Waals surface area contributed by atoms with Crippen LogP contribution in [0.3, 0.4) is 0 Å². The van der Waals surface area contributed by atoms with Crippen LogP contribution in [-0.4, -0.2) is 10.8 Å². The number of nitrogens with zero attached hydrogens (tertiary/aromatic N) is 1. The fourth-order valence-corrected chi connectivity index (χ4v) is 1.02. The second-order valence-electron chi connectivity index (χ2n) is 2.93. The maximum Gasteiger partial charge on any atom is 0.271 e. The van der Waals surface area contributed by atoms with E-state index in [4.69, 9.17) is 5.73 Å². The van der Waals surface area contributed by atoms with Gasteiger partial charge in [-0.3, -0.25) is 14.9 Å². The Balaban J connectivity index is 2.93. The van der Waals surface area contributed by atoms with E-state index in [2.05, 4.69) is 5.32 Å². The summed E-state index contributed by atoms with van der Waals surface area (Å²) in [7, 11) is 0. The van der Waals surface area contributed by atoms with E-state index in [9.17, 15) is 14.9 Å². The Kier molecular flexibility index (Phi) is 3.22. The summed E-state index contributed by atoms with van der Waals surface area (Å²) >= 11 is 0. The van der Waals surface area contributed by atoms with Crippen LogP contribution in [0.25, 0.3) is 0 Å². The number of nitro groups is 1. The topological polar surface area (TPSA) is 98.3 Å². The molecule has 6 heteroatoms. The van der Waals surface area contributed by atoms with Crippen LogP contribution in [0.4, 0.5) is 17.1 Å². The molecule has 1 aromatic carbocycles. The number of hydrogen-bond acceptors (Lipinski definition) is 4. The van der Waals surface area contributed by atoms with Crippen molar-refractivity contribution >= 4 is 23.0 Å². The zero-order valence-corrected chi connectivity index (χ0v) is 8.19. The third-order valence-corrected chi connectivity index (χ3v) is 1.84. The van der Waals surface area contributed by atoms with Crippen molar-refractivity contribution < 1.29 is 9.72 Å². The normalized spacial score (nSPS) is 9.67. The van der Waals surface area contributed by atoms with Gasteiger partial charge in [0.05, 0.1) is 16.3 Å². The Morgan fingerprint density at radius 1 is 1.60 bits per heavy atom. The molecule has 0 unspecified atom stereocenters. The highest BCUT2D eigenvalue weighted by Crippen LogP contribution is 2.23. The van der Waals surface area contributed by atoms with Crippen molar-refractivity contribution in [2.24, 2.45) is 0 Å². The quantitative estimate of drug-likeness (QED) is 0.448. The molecule has 0 saturated heterocycles. The summed E-state index contributed by atoms with van der Waals surface area (Å²) in [5.74, 6) is -0.185.